The molecule has 3 saturated heterocycles. The fourth-order valence-corrected chi connectivity index (χ4v) is 5.64. The second kappa shape index (κ2) is 9.82. The van der Waals surface area contributed by atoms with Gasteiger partial charge >= 0.3 is 0 Å². The van der Waals surface area contributed by atoms with Gasteiger partial charge in [-0.2, -0.15) is 0 Å². The second-order valence-corrected chi connectivity index (χ2v) is 9.61. The summed E-state index contributed by atoms with van der Waals surface area (Å²) in [5.41, 5.74) is 1.66. The van der Waals surface area contributed by atoms with E-state index in [1.165, 1.54) is 18.4 Å². The van der Waals surface area contributed by atoms with Gasteiger partial charge in [-0.3, -0.25) is 4.79 Å². The molecule has 1 amide bonds. The first kappa shape index (κ1) is 22.4. The number of hydrogen-bond donors (Lipinski definition) is 0. The summed E-state index contributed by atoms with van der Waals surface area (Å²) in [4.78, 5) is 22.0. The molecule has 3 fully saturated rings. The summed E-state index contributed by atoms with van der Waals surface area (Å²) in [6.45, 7) is 6.29. The highest BCUT2D eigenvalue weighted by atomic mass is 16.5. The van der Waals surface area contributed by atoms with Crippen LogP contribution in [0.2, 0.25) is 0 Å². The zero-order valence-electron chi connectivity index (χ0n) is 19.6. The van der Waals surface area contributed by atoms with E-state index in [0.717, 1.165) is 44.6 Å². The number of benzene rings is 1. The summed E-state index contributed by atoms with van der Waals surface area (Å²) in [5, 5.41) is 0. The van der Waals surface area contributed by atoms with Crippen molar-refractivity contribution in [3.05, 3.63) is 59.8 Å². The Bertz CT molecular complexity index is 919. The third-order valence-corrected chi connectivity index (χ3v) is 7.43. The Morgan fingerprint density at radius 1 is 1.09 bits per heavy atom. The lowest BCUT2D eigenvalue weighted by Gasteiger charge is -2.48. The fraction of sp³-hybridized carbons (Fsp3) is 0.556. The van der Waals surface area contributed by atoms with Crippen molar-refractivity contribution in [2.24, 2.45) is 0 Å². The molecule has 0 saturated carbocycles. The van der Waals surface area contributed by atoms with Crippen molar-refractivity contribution < 1.29 is 14.3 Å². The van der Waals surface area contributed by atoms with E-state index in [1.54, 1.807) is 6.20 Å². The molecule has 1 aromatic heterocycles. The molecule has 3 aliphatic heterocycles. The van der Waals surface area contributed by atoms with E-state index in [1.807, 2.05) is 23.1 Å². The summed E-state index contributed by atoms with van der Waals surface area (Å²) in [7, 11) is 0. The van der Waals surface area contributed by atoms with Gasteiger partial charge in [-0.05, 0) is 50.3 Å². The minimum Gasteiger partial charge on any atom is -0.378 e. The van der Waals surface area contributed by atoms with Crippen LogP contribution in [-0.4, -0.2) is 60.3 Å². The van der Waals surface area contributed by atoms with Crippen LogP contribution in [0.25, 0.3) is 0 Å². The van der Waals surface area contributed by atoms with Crippen LogP contribution < -0.4 is 4.90 Å². The lowest BCUT2D eigenvalue weighted by atomic mass is 9.80. The monoisotopic (exact) mass is 449 g/mol. The molecule has 176 valence electrons. The first-order chi connectivity index (χ1) is 16.2. The number of rotatable bonds is 5. The second-order valence-electron chi connectivity index (χ2n) is 9.61. The molecular weight excluding hydrogens is 414 g/mol. The van der Waals surface area contributed by atoms with Crippen LogP contribution >= 0.6 is 0 Å². The summed E-state index contributed by atoms with van der Waals surface area (Å²) in [6, 6.07) is 14.4. The smallest absolute Gasteiger partial charge is 0.255 e. The van der Waals surface area contributed by atoms with Crippen molar-refractivity contribution >= 4 is 11.7 Å². The zero-order chi connectivity index (χ0) is 22.7. The molecule has 0 N–H and O–H groups in total. The Kier molecular flexibility index (Phi) is 6.65. The van der Waals surface area contributed by atoms with Gasteiger partial charge < -0.3 is 19.3 Å². The molecule has 2 atom stereocenters. The first-order valence-corrected chi connectivity index (χ1v) is 12.5. The van der Waals surface area contributed by atoms with Crippen LogP contribution in [0.4, 0.5) is 5.82 Å². The molecule has 0 unspecified atom stereocenters. The van der Waals surface area contributed by atoms with Gasteiger partial charge in [-0.25, -0.2) is 4.98 Å². The minimum absolute atomic E-state index is 0.0427. The third-order valence-electron chi connectivity index (χ3n) is 7.43. The molecule has 6 heteroatoms. The van der Waals surface area contributed by atoms with E-state index in [-0.39, 0.29) is 23.7 Å². The zero-order valence-corrected chi connectivity index (χ0v) is 19.6. The van der Waals surface area contributed by atoms with Crippen molar-refractivity contribution in [1.29, 1.82) is 0 Å². The molecule has 3 aliphatic rings. The highest BCUT2D eigenvalue weighted by Crippen LogP contribution is 2.44. The lowest BCUT2D eigenvalue weighted by molar-refractivity contribution is -0.190. The van der Waals surface area contributed by atoms with Gasteiger partial charge in [0.2, 0.25) is 0 Å². The number of nitrogens with zero attached hydrogens (tertiary/aromatic N) is 3. The van der Waals surface area contributed by atoms with Crippen LogP contribution in [0, 0.1) is 0 Å². The van der Waals surface area contributed by atoms with Crippen LogP contribution in [-0.2, 0) is 9.47 Å². The number of aromatic nitrogens is 1. The number of pyridine rings is 1. The number of hydrogen-bond acceptors (Lipinski definition) is 5. The van der Waals surface area contributed by atoms with Crippen LogP contribution in [0.5, 0.6) is 0 Å². The standard InChI is InChI=1S/C27H35N3O3/c1-2-32-23-18-24(21-8-4-3-5-9-21)33-27(19-23)12-16-30(17-13-27)26(31)22-10-11-25(28-20-22)29-14-6-7-15-29/h3-5,8-11,20,23-24H,2,6-7,12-19H2,1H3/t23-,24-/m0/s1. The molecule has 4 heterocycles. The molecule has 5 rings (SSSR count). The van der Waals surface area contributed by atoms with E-state index < -0.39 is 0 Å². The molecule has 1 spiro atoms. The fourth-order valence-electron chi connectivity index (χ4n) is 5.64. The number of piperidine rings is 1. The first-order valence-electron chi connectivity index (χ1n) is 12.5. The maximum absolute atomic E-state index is 13.2. The van der Waals surface area contributed by atoms with E-state index in [0.29, 0.717) is 25.3 Å². The van der Waals surface area contributed by atoms with Gasteiger partial charge in [-0.1, -0.05) is 30.3 Å². The van der Waals surface area contributed by atoms with Gasteiger partial charge in [0.25, 0.3) is 5.91 Å². The Hall–Kier alpha value is -2.44. The topological polar surface area (TPSA) is 54.9 Å². The molecule has 6 nitrogen and oxygen atoms in total. The predicted molar refractivity (Wildman–Crippen MR) is 128 cm³/mol. The quantitative estimate of drug-likeness (QED) is 0.667. The van der Waals surface area contributed by atoms with Gasteiger partial charge in [0.15, 0.2) is 0 Å². The molecule has 2 aromatic rings. The average molecular weight is 450 g/mol. The van der Waals surface area contributed by atoms with Gasteiger partial charge in [0.1, 0.15) is 5.82 Å². The number of ether oxygens (including phenoxy) is 2. The molecule has 1 aromatic carbocycles. The maximum Gasteiger partial charge on any atom is 0.255 e. The number of carbonyl (C=O) groups is 1. The molecule has 0 aliphatic carbocycles. The lowest BCUT2D eigenvalue weighted by Crippen LogP contribution is -2.52. The summed E-state index contributed by atoms with van der Waals surface area (Å²) >= 11 is 0. The molecule has 0 radical (unpaired) electrons. The molecule has 33 heavy (non-hydrogen) atoms. The Labute approximate surface area is 196 Å². The van der Waals surface area contributed by atoms with Gasteiger partial charge in [0.05, 0.1) is 23.4 Å². The average Bonchev–Trinajstić information content (AvgIpc) is 3.40. The predicted octanol–water partition coefficient (Wildman–Crippen LogP) is 4.61. The highest BCUT2D eigenvalue weighted by molar-refractivity contribution is 5.94. The SMILES string of the molecule is CCO[C@H]1C[C@@H](c2ccccc2)OC2(CCN(C(=O)c3ccc(N4CCCC4)nc3)CC2)C1. The van der Waals surface area contributed by atoms with E-state index >= 15 is 0 Å². The Balaban J connectivity index is 1.24. The van der Waals surface area contributed by atoms with E-state index in [9.17, 15) is 4.79 Å². The third kappa shape index (κ3) is 4.92. The molecular formula is C27H35N3O3. The van der Waals surface area contributed by atoms with Crippen molar-refractivity contribution in [2.45, 2.75) is 63.3 Å². The normalized spacial score (nSPS) is 24.9. The van der Waals surface area contributed by atoms with Crippen molar-refractivity contribution in [1.82, 2.24) is 9.88 Å². The van der Waals surface area contributed by atoms with Crippen LogP contribution in [0.3, 0.4) is 0 Å². The van der Waals surface area contributed by atoms with Crippen molar-refractivity contribution in [3.8, 4) is 0 Å². The maximum atomic E-state index is 13.2. The molecule has 0 bridgehead atoms. The summed E-state index contributed by atoms with van der Waals surface area (Å²) in [6.07, 6.45) is 7.88. The number of amides is 1. The van der Waals surface area contributed by atoms with E-state index in [4.69, 9.17) is 9.47 Å². The van der Waals surface area contributed by atoms with Gasteiger partial charge in [0, 0.05) is 51.8 Å². The van der Waals surface area contributed by atoms with Gasteiger partial charge in [-0.15, -0.1) is 0 Å². The van der Waals surface area contributed by atoms with Crippen LogP contribution in [0.1, 0.15) is 67.5 Å². The Morgan fingerprint density at radius 3 is 2.52 bits per heavy atom. The van der Waals surface area contributed by atoms with Crippen molar-refractivity contribution in [2.75, 3.05) is 37.7 Å². The van der Waals surface area contributed by atoms with E-state index in [2.05, 4.69) is 41.1 Å². The highest BCUT2D eigenvalue weighted by Gasteiger charge is 2.45. The van der Waals surface area contributed by atoms with Crippen molar-refractivity contribution in [3.63, 3.8) is 0 Å². The number of anilines is 1. The largest absolute Gasteiger partial charge is 0.378 e. The number of likely N-dealkylation sites (tertiary alicyclic amines) is 1. The summed E-state index contributed by atoms with van der Waals surface area (Å²) in [5.74, 6) is 1.05. The Morgan fingerprint density at radius 2 is 1.85 bits per heavy atom. The minimum atomic E-state index is -0.229. The van der Waals surface area contributed by atoms with Crippen LogP contribution in [0.15, 0.2) is 48.7 Å². The number of carbonyl (C=O) groups excluding carboxylic acids is 1. The summed E-state index contributed by atoms with van der Waals surface area (Å²) < 4.78 is 12.8.